The Hall–Kier alpha value is -2.78. The van der Waals surface area contributed by atoms with Crippen LogP contribution in [0.4, 0.5) is 0 Å². The number of fused-ring (bicyclic) bond motifs is 1. The molecule has 2 aromatic carbocycles. The third-order valence-corrected chi connectivity index (χ3v) is 5.71. The Morgan fingerprint density at radius 1 is 1.07 bits per heavy atom. The van der Waals surface area contributed by atoms with Gasteiger partial charge in [-0.1, -0.05) is 13.8 Å². The summed E-state index contributed by atoms with van der Waals surface area (Å²) >= 11 is 0. The summed E-state index contributed by atoms with van der Waals surface area (Å²) in [6.07, 6.45) is 0.277. The van der Waals surface area contributed by atoms with Gasteiger partial charge < -0.3 is 18.9 Å². The molecule has 0 fully saturated rings. The molecular weight excluding hydrogens is 398 g/mol. The smallest absolute Gasteiger partial charge is 0.329 e. The minimum atomic E-state index is -3.93. The molecule has 2 aromatic rings. The molecule has 3 rings (SSSR count). The largest absolute Gasteiger partial charge is 0.497 e. The zero-order valence-electron chi connectivity index (χ0n) is 16.4. The first-order valence-electron chi connectivity index (χ1n) is 9.06. The van der Waals surface area contributed by atoms with Gasteiger partial charge in [-0.3, -0.25) is 0 Å². The molecule has 0 saturated heterocycles. The van der Waals surface area contributed by atoms with Gasteiger partial charge in [0.05, 0.1) is 12.0 Å². The highest BCUT2D eigenvalue weighted by atomic mass is 32.2. The molecule has 29 heavy (non-hydrogen) atoms. The summed E-state index contributed by atoms with van der Waals surface area (Å²) in [6, 6.07) is 9.58. The van der Waals surface area contributed by atoms with E-state index in [0.29, 0.717) is 17.2 Å². The van der Waals surface area contributed by atoms with Crippen LogP contribution >= 0.6 is 0 Å². The molecule has 1 aliphatic heterocycles. The number of rotatable bonds is 8. The van der Waals surface area contributed by atoms with Crippen LogP contribution in [0.15, 0.2) is 47.4 Å². The second kappa shape index (κ2) is 8.71. The van der Waals surface area contributed by atoms with E-state index in [1.807, 2.05) is 13.8 Å². The van der Waals surface area contributed by atoms with Crippen molar-refractivity contribution in [3.8, 4) is 23.0 Å². The fraction of sp³-hybridized carbons (Fsp3) is 0.350. The van der Waals surface area contributed by atoms with Gasteiger partial charge in [-0.05, 0) is 48.7 Å². The number of carbonyl (C=O) groups is 1. The van der Waals surface area contributed by atoms with Crippen molar-refractivity contribution in [2.24, 2.45) is 5.92 Å². The van der Waals surface area contributed by atoms with Crippen LogP contribution in [0.2, 0.25) is 0 Å². The van der Waals surface area contributed by atoms with Crippen molar-refractivity contribution < 1.29 is 32.2 Å². The van der Waals surface area contributed by atoms with Crippen LogP contribution in [0, 0.1) is 5.92 Å². The van der Waals surface area contributed by atoms with E-state index in [9.17, 15) is 13.2 Å². The zero-order valence-corrected chi connectivity index (χ0v) is 17.2. The number of hydrogen-bond donors (Lipinski definition) is 1. The molecule has 1 aliphatic rings. The maximum atomic E-state index is 12.7. The molecule has 0 unspecified atom stereocenters. The van der Waals surface area contributed by atoms with E-state index in [1.54, 1.807) is 12.1 Å². The summed E-state index contributed by atoms with van der Waals surface area (Å²) in [5.41, 5.74) is 0. The monoisotopic (exact) mass is 421 g/mol. The first-order valence-corrected chi connectivity index (χ1v) is 10.5. The number of ether oxygens (including phenoxy) is 4. The van der Waals surface area contributed by atoms with Crippen molar-refractivity contribution >= 4 is 16.0 Å². The average Bonchev–Trinajstić information content (AvgIpc) is 3.15. The van der Waals surface area contributed by atoms with Gasteiger partial charge in [0, 0.05) is 6.07 Å². The minimum absolute atomic E-state index is 0.0305. The van der Waals surface area contributed by atoms with Gasteiger partial charge in [0.1, 0.15) is 17.5 Å². The van der Waals surface area contributed by atoms with Crippen molar-refractivity contribution in [2.75, 3.05) is 13.9 Å². The van der Waals surface area contributed by atoms with Crippen LogP contribution in [0.5, 0.6) is 23.0 Å². The normalized spacial score (nSPS) is 13.9. The summed E-state index contributed by atoms with van der Waals surface area (Å²) in [5, 5.41) is 0. The molecule has 0 aliphatic carbocycles. The molecule has 0 aromatic heterocycles. The Balaban J connectivity index is 1.76. The molecule has 1 heterocycles. The van der Waals surface area contributed by atoms with Crippen LogP contribution in [-0.4, -0.2) is 34.3 Å². The molecule has 8 nitrogen and oxygen atoms in total. The first-order chi connectivity index (χ1) is 13.8. The average molecular weight is 421 g/mol. The lowest BCUT2D eigenvalue weighted by Gasteiger charge is -2.19. The standard InChI is InChI=1S/C20H23NO7S/c1-13(2)10-17(21-29(23,24)16-7-4-14(25-3)5-8-16)20(22)28-15-6-9-18-19(11-15)27-12-26-18/h4-9,11,13,17,21H,10,12H2,1-3H3/t17-/m1/s1. The van der Waals surface area contributed by atoms with Gasteiger partial charge in [0.2, 0.25) is 16.8 Å². The highest BCUT2D eigenvalue weighted by molar-refractivity contribution is 7.89. The Bertz CT molecular complexity index is 971. The topological polar surface area (TPSA) is 100 Å². The predicted molar refractivity (Wildman–Crippen MR) is 105 cm³/mol. The first kappa shape index (κ1) is 20.9. The van der Waals surface area contributed by atoms with Gasteiger partial charge in [0.15, 0.2) is 11.5 Å². The van der Waals surface area contributed by atoms with E-state index >= 15 is 0 Å². The molecule has 0 bridgehead atoms. The fourth-order valence-corrected chi connectivity index (χ4v) is 4.00. The summed E-state index contributed by atoms with van der Waals surface area (Å²) in [7, 11) is -2.44. The summed E-state index contributed by atoms with van der Waals surface area (Å²) in [6.45, 7) is 3.88. The van der Waals surface area contributed by atoms with Crippen molar-refractivity contribution in [3.05, 3.63) is 42.5 Å². The number of esters is 1. The highest BCUT2D eigenvalue weighted by Gasteiger charge is 2.28. The predicted octanol–water partition coefficient (Wildman–Crippen LogP) is 2.72. The quantitative estimate of drug-likeness (QED) is 0.517. The van der Waals surface area contributed by atoms with Crippen molar-refractivity contribution in [1.82, 2.24) is 4.72 Å². The molecule has 0 spiro atoms. The second-order valence-electron chi connectivity index (χ2n) is 6.92. The third kappa shape index (κ3) is 5.18. The Labute approximate surface area is 169 Å². The van der Waals surface area contributed by atoms with Crippen LogP contribution < -0.4 is 23.7 Å². The fourth-order valence-electron chi connectivity index (χ4n) is 2.80. The van der Waals surface area contributed by atoms with Gasteiger partial charge in [0.25, 0.3) is 0 Å². The maximum Gasteiger partial charge on any atom is 0.329 e. The number of carbonyl (C=O) groups excluding carboxylic acids is 1. The number of methoxy groups -OCH3 is 1. The molecule has 0 radical (unpaired) electrons. The number of nitrogens with one attached hydrogen (secondary N) is 1. The number of sulfonamides is 1. The van der Waals surface area contributed by atoms with E-state index in [1.165, 1.54) is 37.4 Å². The summed E-state index contributed by atoms with van der Waals surface area (Å²) in [5.74, 6) is 1.16. The number of benzene rings is 2. The van der Waals surface area contributed by atoms with Gasteiger partial charge in [-0.15, -0.1) is 0 Å². The third-order valence-electron chi connectivity index (χ3n) is 4.22. The van der Waals surface area contributed by atoms with Crippen LogP contribution in [-0.2, 0) is 14.8 Å². The molecule has 156 valence electrons. The van der Waals surface area contributed by atoms with Gasteiger partial charge in [-0.25, -0.2) is 13.2 Å². The van der Waals surface area contributed by atoms with E-state index in [-0.39, 0.29) is 29.8 Å². The minimum Gasteiger partial charge on any atom is -0.497 e. The molecular formula is C20H23NO7S. The molecule has 0 amide bonds. The van der Waals surface area contributed by atoms with Crippen LogP contribution in [0.25, 0.3) is 0 Å². The van der Waals surface area contributed by atoms with Crippen LogP contribution in [0.3, 0.4) is 0 Å². The summed E-state index contributed by atoms with van der Waals surface area (Å²) < 4.78 is 48.9. The molecule has 1 N–H and O–H groups in total. The maximum absolute atomic E-state index is 12.7. The van der Waals surface area contributed by atoms with Crippen molar-refractivity contribution in [2.45, 2.75) is 31.2 Å². The molecule has 1 atom stereocenters. The SMILES string of the molecule is COc1ccc(S(=O)(=O)N[C@H](CC(C)C)C(=O)Oc2ccc3c(c2)OCO3)cc1. The Morgan fingerprint density at radius 3 is 2.38 bits per heavy atom. The van der Waals surface area contributed by atoms with E-state index in [4.69, 9.17) is 18.9 Å². The van der Waals surface area contributed by atoms with Gasteiger partial charge in [-0.2, -0.15) is 4.72 Å². The van der Waals surface area contributed by atoms with Gasteiger partial charge >= 0.3 is 5.97 Å². The molecule has 9 heteroatoms. The molecule has 0 saturated carbocycles. The van der Waals surface area contributed by atoms with Crippen molar-refractivity contribution in [3.63, 3.8) is 0 Å². The Morgan fingerprint density at radius 2 is 1.72 bits per heavy atom. The van der Waals surface area contributed by atoms with E-state index < -0.39 is 22.0 Å². The van der Waals surface area contributed by atoms with Crippen molar-refractivity contribution in [1.29, 1.82) is 0 Å². The van der Waals surface area contributed by atoms with Crippen LogP contribution in [0.1, 0.15) is 20.3 Å². The Kier molecular flexibility index (Phi) is 6.29. The second-order valence-corrected chi connectivity index (χ2v) is 8.63. The highest BCUT2D eigenvalue weighted by Crippen LogP contribution is 2.35. The van der Waals surface area contributed by atoms with E-state index in [0.717, 1.165) is 0 Å². The lowest BCUT2D eigenvalue weighted by atomic mass is 10.1. The number of hydrogen-bond acceptors (Lipinski definition) is 7. The zero-order chi connectivity index (χ0) is 21.0. The lowest BCUT2D eigenvalue weighted by molar-refractivity contribution is -0.136. The van der Waals surface area contributed by atoms with E-state index in [2.05, 4.69) is 4.72 Å². The lowest BCUT2D eigenvalue weighted by Crippen LogP contribution is -2.43. The summed E-state index contributed by atoms with van der Waals surface area (Å²) in [4.78, 5) is 12.7.